The van der Waals surface area contributed by atoms with Gasteiger partial charge in [0, 0.05) is 10.4 Å². The number of benzene rings is 1. The maximum absolute atomic E-state index is 5.61. The SMILES string of the molecule is NCCc1scnc1-c1ccc2c(c1)OCCO2. The number of hydrogen-bond acceptors (Lipinski definition) is 5. The number of nitrogens with two attached hydrogens (primary N) is 1. The molecule has 94 valence electrons. The zero-order valence-corrected chi connectivity index (χ0v) is 10.7. The van der Waals surface area contributed by atoms with Gasteiger partial charge in [0.15, 0.2) is 11.5 Å². The molecule has 1 aliphatic rings. The molecule has 2 aromatic rings. The highest BCUT2D eigenvalue weighted by Crippen LogP contribution is 2.35. The Balaban J connectivity index is 1.98. The molecule has 0 unspecified atom stereocenters. The average Bonchev–Trinajstić information content (AvgIpc) is 2.87. The molecule has 1 aromatic carbocycles. The van der Waals surface area contributed by atoms with Crippen LogP contribution in [0.15, 0.2) is 23.7 Å². The highest BCUT2D eigenvalue weighted by molar-refractivity contribution is 7.10. The van der Waals surface area contributed by atoms with Crippen LogP contribution in [0.3, 0.4) is 0 Å². The van der Waals surface area contributed by atoms with Crippen molar-refractivity contribution in [1.29, 1.82) is 0 Å². The Morgan fingerprint density at radius 2 is 2.06 bits per heavy atom. The molecule has 0 saturated heterocycles. The summed E-state index contributed by atoms with van der Waals surface area (Å²) in [4.78, 5) is 5.64. The lowest BCUT2D eigenvalue weighted by Gasteiger charge is -2.18. The first-order valence-electron chi connectivity index (χ1n) is 5.91. The predicted octanol–water partition coefficient (Wildman–Crippen LogP) is 2.08. The first-order valence-corrected chi connectivity index (χ1v) is 6.79. The molecule has 0 spiro atoms. The smallest absolute Gasteiger partial charge is 0.162 e. The van der Waals surface area contributed by atoms with Crippen molar-refractivity contribution in [3.05, 3.63) is 28.6 Å². The number of nitrogens with zero attached hydrogens (tertiary/aromatic N) is 1. The molecule has 2 N–H and O–H groups in total. The van der Waals surface area contributed by atoms with E-state index >= 15 is 0 Å². The highest BCUT2D eigenvalue weighted by atomic mass is 32.1. The number of hydrogen-bond donors (Lipinski definition) is 1. The van der Waals surface area contributed by atoms with Gasteiger partial charge in [-0.3, -0.25) is 0 Å². The van der Waals surface area contributed by atoms with Crippen molar-refractivity contribution in [3.8, 4) is 22.8 Å². The monoisotopic (exact) mass is 262 g/mol. The van der Waals surface area contributed by atoms with E-state index in [1.54, 1.807) is 11.3 Å². The Morgan fingerprint density at radius 1 is 1.22 bits per heavy atom. The zero-order chi connectivity index (χ0) is 12.4. The molecule has 5 heteroatoms. The lowest BCUT2D eigenvalue weighted by Crippen LogP contribution is -2.15. The van der Waals surface area contributed by atoms with Gasteiger partial charge in [0.05, 0.1) is 11.2 Å². The van der Waals surface area contributed by atoms with Crippen molar-refractivity contribution >= 4 is 11.3 Å². The minimum absolute atomic E-state index is 0.600. The summed E-state index contributed by atoms with van der Waals surface area (Å²) in [7, 11) is 0. The van der Waals surface area contributed by atoms with Crippen molar-refractivity contribution in [2.24, 2.45) is 5.73 Å². The molecule has 0 radical (unpaired) electrons. The Labute approximate surface area is 109 Å². The summed E-state index contributed by atoms with van der Waals surface area (Å²) in [5.41, 5.74) is 9.53. The Morgan fingerprint density at radius 3 is 2.89 bits per heavy atom. The molecular weight excluding hydrogens is 248 g/mol. The molecular formula is C13H14N2O2S. The van der Waals surface area contributed by atoms with Crippen molar-refractivity contribution < 1.29 is 9.47 Å². The average molecular weight is 262 g/mol. The van der Waals surface area contributed by atoms with Crippen molar-refractivity contribution in [2.45, 2.75) is 6.42 Å². The molecule has 3 rings (SSSR count). The summed E-state index contributed by atoms with van der Waals surface area (Å²) >= 11 is 1.64. The Kier molecular flexibility index (Phi) is 3.17. The van der Waals surface area contributed by atoms with Crippen LogP contribution in [0.2, 0.25) is 0 Å². The van der Waals surface area contributed by atoms with Crippen LogP contribution in [0.5, 0.6) is 11.5 Å². The van der Waals surface area contributed by atoms with Crippen molar-refractivity contribution in [1.82, 2.24) is 4.98 Å². The third-order valence-corrected chi connectivity index (χ3v) is 3.72. The van der Waals surface area contributed by atoms with Crippen LogP contribution in [0, 0.1) is 0 Å². The van der Waals surface area contributed by atoms with Gasteiger partial charge in [-0.1, -0.05) is 0 Å². The lowest BCUT2D eigenvalue weighted by molar-refractivity contribution is 0.171. The fourth-order valence-corrected chi connectivity index (χ4v) is 2.81. The number of fused-ring (bicyclic) bond motifs is 1. The van der Waals surface area contributed by atoms with Crippen LogP contribution in [-0.2, 0) is 6.42 Å². The summed E-state index contributed by atoms with van der Waals surface area (Å²) < 4.78 is 11.1. The summed E-state index contributed by atoms with van der Waals surface area (Å²) in [6.45, 7) is 1.85. The summed E-state index contributed by atoms with van der Waals surface area (Å²) in [6.07, 6.45) is 0.856. The normalized spacial score (nSPS) is 13.6. The number of rotatable bonds is 3. The first-order chi connectivity index (χ1) is 8.88. The van der Waals surface area contributed by atoms with Crippen molar-refractivity contribution in [3.63, 3.8) is 0 Å². The second-order valence-corrected chi connectivity index (χ2v) is 4.96. The second kappa shape index (κ2) is 4.96. The van der Waals surface area contributed by atoms with Gasteiger partial charge >= 0.3 is 0 Å². The summed E-state index contributed by atoms with van der Waals surface area (Å²) in [6, 6.07) is 5.95. The van der Waals surface area contributed by atoms with E-state index in [0.29, 0.717) is 19.8 Å². The van der Waals surface area contributed by atoms with Gasteiger partial charge in [0.2, 0.25) is 0 Å². The van der Waals surface area contributed by atoms with Crippen LogP contribution >= 0.6 is 11.3 Å². The van der Waals surface area contributed by atoms with E-state index in [-0.39, 0.29) is 0 Å². The molecule has 1 aliphatic heterocycles. The van der Waals surface area contributed by atoms with Gasteiger partial charge in [0.1, 0.15) is 13.2 Å². The molecule has 0 atom stereocenters. The third-order valence-electron chi connectivity index (χ3n) is 2.83. The third kappa shape index (κ3) is 2.07. The number of thiazole rings is 1. The van der Waals surface area contributed by atoms with Gasteiger partial charge in [-0.2, -0.15) is 0 Å². The van der Waals surface area contributed by atoms with Crippen LogP contribution in [0.25, 0.3) is 11.3 Å². The van der Waals surface area contributed by atoms with E-state index in [0.717, 1.165) is 29.2 Å². The molecule has 18 heavy (non-hydrogen) atoms. The topological polar surface area (TPSA) is 57.4 Å². The molecule has 0 fully saturated rings. The maximum atomic E-state index is 5.61. The van der Waals surface area contributed by atoms with E-state index in [2.05, 4.69) is 4.98 Å². The summed E-state index contributed by atoms with van der Waals surface area (Å²) in [5, 5.41) is 0. The maximum Gasteiger partial charge on any atom is 0.162 e. The second-order valence-electron chi connectivity index (χ2n) is 4.02. The summed E-state index contributed by atoms with van der Waals surface area (Å²) in [5.74, 6) is 1.60. The molecule has 1 aromatic heterocycles. The molecule has 0 bridgehead atoms. The molecule has 0 aliphatic carbocycles. The van der Waals surface area contributed by atoms with E-state index in [4.69, 9.17) is 15.2 Å². The first kappa shape index (κ1) is 11.5. The predicted molar refractivity (Wildman–Crippen MR) is 71.3 cm³/mol. The lowest BCUT2D eigenvalue weighted by atomic mass is 10.1. The number of ether oxygens (including phenoxy) is 2. The van der Waals surface area contributed by atoms with Crippen LogP contribution in [0.4, 0.5) is 0 Å². The van der Waals surface area contributed by atoms with Crippen LogP contribution < -0.4 is 15.2 Å². The van der Waals surface area contributed by atoms with Gasteiger partial charge in [0.25, 0.3) is 0 Å². The van der Waals surface area contributed by atoms with E-state index in [1.807, 2.05) is 23.7 Å². The van der Waals surface area contributed by atoms with Crippen molar-refractivity contribution in [2.75, 3.05) is 19.8 Å². The van der Waals surface area contributed by atoms with E-state index in [9.17, 15) is 0 Å². The minimum atomic E-state index is 0.600. The van der Waals surface area contributed by atoms with E-state index < -0.39 is 0 Å². The quantitative estimate of drug-likeness (QED) is 0.920. The molecule has 0 amide bonds. The fraction of sp³-hybridized carbons (Fsp3) is 0.308. The van der Waals surface area contributed by atoms with Crippen LogP contribution in [0.1, 0.15) is 4.88 Å². The number of aromatic nitrogens is 1. The molecule has 4 nitrogen and oxygen atoms in total. The minimum Gasteiger partial charge on any atom is -0.486 e. The Hall–Kier alpha value is -1.59. The van der Waals surface area contributed by atoms with Crippen LogP contribution in [-0.4, -0.2) is 24.7 Å². The van der Waals surface area contributed by atoms with E-state index in [1.165, 1.54) is 4.88 Å². The van der Waals surface area contributed by atoms with Gasteiger partial charge < -0.3 is 15.2 Å². The zero-order valence-electron chi connectivity index (χ0n) is 9.89. The molecule has 0 saturated carbocycles. The molecule has 2 heterocycles. The van der Waals surface area contributed by atoms with Gasteiger partial charge in [-0.05, 0) is 31.2 Å². The standard InChI is InChI=1S/C13H14N2O2S/c14-4-3-12-13(15-8-18-12)9-1-2-10-11(7-9)17-6-5-16-10/h1-2,7-8H,3-6,14H2. The largest absolute Gasteiger partial charge is 0.486 e. The highest BCUT2D eigenvalue weighted by Gasteiger charge is 2.15. The van der Waals surface area contributed by atoms with Gasteiger partial charge in [-0.25, -0.2) is 4.98 Å². The van der Waals surface area contributed by atoms with Gasteiger partial charge in [-0.15, -0.1) is 11.3 Å². The Bertz CT molecular complexity index is 554. The fourth-order valence-electron chi connectivity index (χ4n) is 2.01.